The van der Waals surface area contributed by atoms with Crippen molar-refractivity contribution < 1.29 is 19.5 Å². The first-order valence-corrected chi connectivity index (χ1v) is 12.9. The molecule has 200 valence electrons. The fraction of sp³-hybridized carbons (Fsp3) is 0.367. The van der Waals surface area contributed by atoms with Gasteiger partial charge >= 0.3 is 0 Å². The van der Waals surface area contributed by atoms with Gasteiger partial charge < -0.3 is 10.1 Å². The molecule has 1 aromatic heterocycles. The smallest absolute Gasteiger partial charge is 0.251 e. The molecule has 1 aliphatic heterocycles. The lowest BCUT2D eigenvalue weighted by atomic mass is 9.82. The molecule has 4 rings (SSSR count). The average Bonchev–Trinajstić information content (AvgIpc) is 2.92. The van der Waals surface area contributed by atoms with Gasteiger partial charge in [-0.05, 0) is 70.0 Å². The lowest BCUT2D eigenvalue weighted by Crippen LogP contribution is -2.59. The molecule has 0 atom stereocenters. The first kappa shape index (κ1) is 27.3. The van der Waals surface area contributed by atoms with Crippen molar-refractivity contribution in [1.82, 2.24) is 20.7 Å². The molecule has 0 radical (unpaired) electrons. The highest BCUT2D eigenvalue weighted by Gasteiger charge is 2.40. The predicted octanol–water partition coefficient (Wildman–Crippen LogP) is 4.55. The fourth-order valence-corrected chi connectivity index (χ4v) is 5.02. The SMILES string of the molecule is C=CC(C)(C)N1CCC(CC(=O)NO)(NC(=O)c2ccc(OCc3cc(C)nc4ccccc34)cc2)CC1. The second kappa shape index (κ2) is 11.3. The Hall–Kier alpha value is -3.75. The highest BCUT2D eigenvalue weighted by atomic mass is 16.5. The third-order valence-corrected chi connectivity index (χ3v) is 7.48. The van der Waals surface area contributed by atoms with Crippen LogP contribution in [-0.4, -0.2) is 51.1 Å². The molecule has 3 N–H and O–H groups in total. The monoisotopic (exact) mass is 516 g/mol. The standard InChI is InChI=1S/C30H36N4O4/c1-5-29(3,4)34-16-14-30(15-17-34,19-27(35)33-37)32-28(36)22-10-12-24(13-11-22)38-20-23-18-21(2)31-26-9-7-6-8-25(23)26/h5-13,18,37H,1,14-17,19-20H2,2-4H3,(H,32,36)(H,33,35). The van der Waals surface area contributed by atoms with E-state index in [4.69, 9.17) is 9.94 Å². The number of para-hydroxylation sites is 1. The fourth-order valence-electron chi connectivity index (χ4n) is 5.02. The second-order valence-corrected chi connectivity index (χ2v) is 10.5. The summed E-state index contributed by atoms with van der Waals surface area (Å²) in [5.41, 5.74) is 4.14. The second-order valence-electron chi connectivity index (χ2n) is 10.5. The number of aryl methyl sites for hydroxylation is 1. The van der Waals surface area contributed by atoms with Gasteiger partial charge in [-0.2, -0.15) is 0 Å². The molecule has 2 amide bonds. The first-order chi connectivity index (χ1) is 18.1. The van der Waals surface area contributed by atoms with E-state index in [1.54, 1.807) is 29.7 Å². The van der Waals surface area contributed by atoms with Gasteiger partial charge in [0.05, 0.1) is 17.5 Å². The van der Waals surface area contributed by atoms with E-state index in [0.29, 0.717) is 43.9 Å². The van der Waals surface area contributed by atoms with Crippen LogP contribution in [0.3, 0.4) is 0 Å². The van der Waals surface area contributed by atoms with Crippen LogP contribution in [-0.2, 0) is 11.4 Å². The zero-order valence-corrected chi connectivity index (χ0v) is 22.3. The van der Waals surface area contributed by atoms with Crippen LogP contribution in [0.4, 0.5) is 0 Å². The zero-order valence-electron chi connectivity index (χ0n) is 22.3. The number of nitrogens with zero attached hydrogens (tertiary/aromatic N) is 2. The number of likely N-dealkylation sites (tertiary alicyclic amines) is 1. The van der Waals surface area contributed by atoms with E-state index in [0.717, 1.165) is 22.2 Å². The Morgan fingerprint density at radius 3 is 2.50 bits per heavy atom. The number of carbonyl (C=O) groups is 2. The number of fused-ring (bicyclic) bond motifs is 1. The van der Waals surface area contributed by atoms with Crippen LogP contribution in [0.1, 0.15) is 54.7 Å². The number of piperidine rings is 1. The number of pyridine rings is 1. The van der Waals surface area contributed by atoms with Crippen molar-refractivity contribution in [3.63, 3.8) is 0 Å². The Kier molecular flexibility index (Phi) is 8.14. The Labute approximate surface area is 223 Å². The minimum Gasteiger partial charge on any atom is -0.489 e. The topological polar surface area (TPSA) is 104 Å². The van der Waals surface area contributed by atoms with Crippen molar-refractivity contribution in [2.45, 2.75) is 57.7 Å². The number of hydrogen-bond acceptors (Lipinski definition) is 6. The summed E-state index contributed by atoms with van der Waals surface area (Å²) in [5.74, 6) is -0.145. The third kappa shape index (κ3) is 6.20. The van der Waals surface area contributed by atoms with Crippen LogP contribution in [0.2, 0.25) is 0 Å². The predicted molar refractivity (Wildman–Crippen MR) is 147 cm³/mol. The molecule has 1 fully saturated rings. The van der Waals surface area contributed by atoms with E-state index in [-0.39, 0.29) is 17.9 Å². The number of amides is 2. The summed E-state index contributed by atoms with van der Waals surface area (Å²) in [6, 6.07) is 17.0. The van der Waals surface area contributed by atoms with Crippen molar-refractivity contribution in [1.29, 1.82) is 0 Å². The van der Waals surface area contributed by atoms with Crippen molar-refractivity contribution in [2.24, 2.45) is 0 Å². The van der Waals surface area contributed by atoms with E-state index < -0.39 is 11.4 Å². The maximum atomic E-state index is 13.2. The van der Waals surface area contributed by atoms with Gasteiger partial charge in [0, 0.05) is 40.8 Å². The molecule has 0 aliphatic carbocycles. The number of carbonyl (C=O) groups excluding carboxylic acids is 2. The van der Waals surface area contributed by atoms with Gasteiger partial charge in [0.1, 0.15) is 12.4 Å². The number of aromatic nitrogens is 1. The van der Waals surface area contributed by atoms with Gasteiger partial charge in [-0.15, -0.1) is 6.58 Å². The average molecular weight is 517 g/mol. The molecule has 0 spiro atoms. The molecule has 0 unspecified atom stereocenters. The van der Waals surface area contributed by atoms with Gasteiger partial charge in [-0.1, -0.05) is 24.3 Å². The van der Waals surface area contributed by atoms with E-state index in [1.165, 1.54) is 0 Å². The largest absolute Gasteiger partial charge is 0.489 e. The Bertz CT molecular complexity index is 1310. The summed E-state index contributed by atoms with van der Waals surface area (Å²) in [4.78, 5) is 32.2. The van der Waals surface area contributed by atoms with Gasteiger partial charge in [0.2, 0.25) is 5.91 Å². The van der Waals surface area contributed by atoms with E-state index in [2.05, 4.69) is 35.6 Å². The molecular weight excluding hydrogens is 480 g/mol. The molecule has 2 heterocycles. The van der Waals surface area contributed by atoms with Crippen molar-refractivity contribution in [3.05, 3.63) is 84.1 Å². The van der Waals surface area contributed by atoms with Crippen molar-refractivity contribution in [3.8, 4) is 5.75 Å². The highest BCUT2D eigenvalue weighted by molar-refractivity contribution is 5.95. The van der Waals surface area contributed by atoms with E-state index >= 15 is 0 Å². The van der Waals surface area contributed by atoms with Crippen molar-refractivity contribution in [2.75, 3.05) is 13.1 Å². The van der Waals surface area contributed by atoms with Gasteiger partial charge in [-0.25, -0.2) is 5.48 Å². The minimum absolute atomic E-state index is 0.00189. The number of hydroxylamine groups is 1. The summed E-state index contributed by atoms with van der Waals surface area (Å²) in [6.45, 7) is 11.8. The first-order valence-electron chi connectivity index (χ1n) is 12.9. The molecule has 0 bridgehead atoms. The molecule has 1 aliphatic rings. The summed E-state index contributed by atoms with van der Waals surface area (Å²) in [7, 11) is 0. The summed E-state index contributed by atoms with van der Waals surface area (Å²) < 4.78 is 6.03. The van der Waals surface area contributed by atoms with Crippen LogP contribution >= 0.6 is 0 Å². The Morgan fingerprint density at radius 1 is 1.16 bits per heavy atom. The molecule has 2 aromatic carbocycles. The third-order valence-electron chi connectivity index (χ3n) is 7.48. The molecule has 8 heteroatoms. The summed E-state index contributed by atoms with van der Waals surface area (Å²) >= 11 is 0. The molecule has 8 nitrogen and oxygen atoms in total. The highest BCUT2D eigenvalue weighted by Crippen LogP contribution is 2.31. The van der Waals surface area contributed by atoms with Crippen LogP contribution in [0.15, 0.2) is 67.3 Å². The lowest BCUT2D eigenvalue weighted by Gasteiger charge is -2.46. The molecule has 0 saturated carbocycles. The minimum atomic E-state index is -0.757. The quantitative estimate of drug-likeness (QED) is 0.219. The number of hydrogen-bond donors (Lipinski definition) is 3. The lowest BCUT2D eigenvalue weighted by molar-refractivity contribution is -0.131. The van der Waals surface area contributed by atoms with Gasteiger partial charge in [-0.3, -0.25) is 24.7 Å². The Morgan fingerprint density at radius 2 is 1.84 bits per heavy atom. The van der Waals surface area contributed by atoms with Crippen LogP contribution < -0.4 is 15.5 Å². The molecule has 3 aromatic rings. The maximum absolute atomic E-state index is 13.2. The van der Waals surface area contributed by atoms with Crippen molar-refractivity contribution >= 4 is 22.7 Å². The molecular formula is C30H36N4O4. The number of benzene rings is 2. The normalized spacial score (nSPS) is 15.6. The summed E-state index contributed by atoms with van der Waals surface area (Å²) in [5, 5.41) is 13.3. The zero-order chi connectivity index (χ0) is 27.3. The maximum Gasteiger partial charge on any atom is 0.251 e. The van der Waals surface area contributed by atoms with E-state index in [1.807, 2.05) is 43.3 Å². The number of nitrogens with one attached hydrogen (secondary N) is 2. The Balaban J connectivity index is 1.43. The number of ether oxygens (including phenoxy) is 1. The van der Waals surface area contributed by atoms with Crippen LogP contribution in [0.5, 0.6) is 5.75 Å². The molecule has 38 heavy (non-hydrogen) atoms. The van der Waals surface area contributed by atoms with Crippen LogP contribution in [0.25, 0.3) is 10.9 Å². The van der Waals surface area contributed by atoms with Crippen LogP contribution in [0, 0.1) is 6.92 Å². The van der Waals surface area contributed by atoms with E-state index in [9.17, 15) is 9.59 Å². The summed E-state index contributed by atoms with van der Waals surface area (Å²) in [6.07, 6.45) is 3.05. The number of rotatable bonds is 9. The molecule has 1 saturated heterocycles. The van der Waals surface area contributed by atoms with Gasteiger partial charge in [0.15, 0.2) is 0 Å². The van der Waals surface area contributed by atoms with Gasteiger partial charge in [0.25, 0.3) is 5.91 Å².